The van der Waals surface area contributed by atoms with Gasteiger partial charge >= 0.3 is 5.97 Å². The molecule has 0 aromatic heterocycles. The van der Waals surface area contributed by atoms with Gasteiger partial charge in [0.25, 0.3) is 0 Å². The van der Waals surface area contributed by atoms with Crippen LogP contribution in [-0.4, -0.2) is 12.1 Å². The van der Waals surface area contributed by atoms with Crippen molar-refractivity contribution in [3.63, 3.8) is 0 Å². The second-order valence-electron chi connectivity index (χ2n) is 14.2. The Bertz CT molecular complexity index is 862. The summed E-state index contributed by atoms with van der Waals surface area (Å²) in [5.74, 6) is 2.67. The predicted octanol–water partition coefficient (Wildman–Crippen LogP) is 8.91. The summed E-state index contributed by atoms with van der Waals surface area (Å²) in [7, 11) is 0. The number of hydrogen-bond acceptors (Lipinski definition) is 2. The summed E-state index contributed by atoms with van der Waals surface area (Å²) in [6.45, 7) is 21.3. The first kappa shape index (κ1) is 26.0. The van der Waals surface area contributed by atoms with Crippen LogP contribution in [0.3, 0.4) is 0 Å². The van der Waals surface area contributed by atoms with Crippen LogP contribution in [0.15, 0.2) is 23.3 Å². The molecule has 4 aliphatic rings. The van der Waals surface area contributed by atoms with Gasteiger partial charge < -0.3 is 4.74 Å². The highest BCUT2D eigenvalue weighted by Crippen LogP contribution is 2.72. The van der Waals surface area contributed by atoms with Crippen LogP contribution in [-0.2, 0) is 9.53 Å². The lowest BCUT2D eigenvalue weighted by atomic mass is 9.43. The first-order valence-electron chi connectivity index (χ1n) is 14.3. The molecule has 0 aromatic carbocycles. The standard InChI is InChI=1S/C32H52O2/c1-21(2)11-10-12-22(3)24-15-19-32(9)26-13-14-27-29(5,6)28(34-23(4)33)17-18-30(27,7)25(26)16-20-31(24,32)8/h10,12,21-22,24,27-28H,11,13-20H2,1-9H3. The maximum absolute atomic E-state index is 11.8. The van der Waals surface area contributed by atoms with Crippen LogP contribution in [0.1, 0.15) is 120 Å². The Balaban J connectivity index is 1.64. The molecule has 2 nitrogen and oxygen atoms in total. The Kier molecular flexibility index (Phi) is 6.74. The van der Waals surface area contributed by atoms with E-state index in [0.29, 0.717) is 22.7 Å². The van der Waals surface area contributed by atoms with Crippen molar-refractivity contribution in [3.05, 3.63) is 23.3 Å². The molecule has 0 spiro atoms. The largest absolute Gasteiger partial charge is 0.462 e. The molecule has 7 unspecified atom stereocenters. The quantitative estimate of drug-likeness (QED) is 0.297. The zero-order valence-electron chi connectivity index (χ0n) is 23.7. The minimum absolute atomic E-state index is 0.0345. The Morgan fingerprint density at radius 3 is 2.32 bits per heavy atom. The fraction of sp³-hybridized carbons (Fsp3) is 0.844. The third-order valence-corrected chi connectivity index (χ3v) is 11.7. The van der Waals surface area contributed by atoms with E-state index in [-0.39, 0.29) is 22.9 Å². The Morgan fingerprint density at radius 2 is 1.68 bits per heavy atom. The normalized spacial score (nSPS) is 42.4. The highest BCUT2D eigenvalue weighted by molar-refractivity contribution is 5.66. The third-order valence-electron chi connectivity index (χ3n) is 11.7. The molecule has 4 aliphatic carbocycles. The van der Waals surface area contributed by atoms with Crippen molar-refractivity contribution in [2.45, 2.75) is 126 Å². The van der Waals surface area contributed by atoms with Gasteiger partial charge in [-0.05, 0) is 97.7 Å². The fourth-order valence-electron chi connectivity index (χ4n) is 9.66. The average Bonchev–Trinajstić information content (AvgIpc) is 3.01. The molecule has 0 aliphatic heterocycles. The first-order chi connectivity index (χ1) is 15.8. The molecular formula is C32H52O2. The molecule has 0 radical (unpaired) electrons. The molecule has 0 N–H and O–H groups in total. The second kappa shape index (κ2) is 8.81. The topological polar surface area (TPSA) is 26.3 Å². The van der Waals surface area contributed by atoms with E-state index in [9.17, 15) is 4.79 Å². The Labute approximate surface area is 210 Å². The number of rotatable bonds is 5. The fourth-order valence-corrected chi connectivity index (χ4v) is 9.66. The second-order valence-corrected chi connectivity index (χ2v) is 14.2. The van der Waals surface area contributed by atoms with Gasteiger partial charge in [0.15, 0.2) is 0 Å². The number of fused-ring (bicyclic) bond motifs is 4. The molecule has 0 aromatic rings. The number of esters is 1. The van der Waals surface area contributed by atoms with Crippen LogP contribution in [0.2, 0.25) is 0 Å². The van der Waals surface area contributed by atoms with E-state index < -0.39 is 0 Å². The predicted molar refractivity (Wildman–Crippen MR) is 142 cm³/mol. The van der Waals surface area contributed by atoms with Crippen LogP contribution < -0.4 is 0 Å². The number of hydrogen-bond donors (Lipinski definition) is 0. The maximum atomic E-state index is 11.8. The van der Waals surface area contributed by atoms with Gasteiger partial charge in [0, 0.05) is 12.3 Å². The van der Waals surface area contributed by atoms with Gasteiger partial charge in [-0.25, -0.2) is 0 Å². The SMILES string of the molecule is CC(=O)OC1CCC2(C)C3=C(CCC2C1(C)C)C1(C)CCC(C(C)C=CCC(C)C)C1(C)CC3. The van der Waals surface area contributed by atoms with Crippen LogP contribution >= 0.6 is 0 Å². The number of carbonyl (C=O) groups excluding carboxylic acids is 1. The van der Waals surface area contributed by atoms with E-state index in [4.69, 9.17) is 4.74 Å². The summed E-state index contributed by atoms with van der Waals surface area (Å²) in [6.07, 6.45) is 16.3. The van der Waals surface area contributed by atoms with E-state index in [1.54, 1.807) is 6.92 Å². The zero-order chi connectivity index (χ0) is 25.1. The summed E-state index contributed by atoms with van der Waals surface area (Å²) >= 11 is 0. The van der Waals surface area contributed by atoms with Crippen molar-refractivity contribution in [1.29, 1.82) is 0 Å². The van der Waals surface area contributed by atoms with E-state index in [0.717, 1.165) is 18.3 Å². The monoisotopic (exact) mass is 468 g/mol. The van der Waals surface area contributed by atoms with Gasteiger partial charge in [0.1, 0.15) is 6.10 Å². The summed E-state index contributed by atoms with van der Waals surface area (Å²) in [4.78, 5) is 11.8. The molecular weight excluding hydrogens is 416 g/mol. The summed E-state index contributed by atoms with van der Waals surface area (Å²) < 4.78 is 5.87. The molecule has 7 atom stereocenters. The summed E-state index contributed by atoms with van der Waals surface area (Å²) in [5, 5.41) is 0. The van der Waals surface area contributed by atoms with E-state index in [1.165, 1.54) is 51.4 Å². The van der Waals surface area contributed by atoms with Crippen LogP contribution in [0, 0.1) is 45.3 Å². The molecule has 2 heteroatoms. The molecule has 0 heterocycles. The van der Waals surface area contributed by atoms with Gasteiger partial charge in [-0.1, -0.05) is 78.7 Å². The highest BCUT2D eigenvalue weighted by Gasteiger charge is 2.63. The van der Waals surface area contributed by atoms with Gasteiger partial charge in [-0.2, -0.15) is 0 Å². The van der Waals surface area contributed by atoms with Gasteiger partial charge in [0.2, 0.25) is 0 Å². The van der Waals surface area contributed by atoms with E-state index in [1.807, 2.05) is 11.1 Å². The Morgan fingerprint density at radius 1 is 0.971 bits per heavy atom. The molecule has 0 amide bonds. The van der Waals surface area contributed by atoms with Crippen LogP contribution in [0.5, 0.6) is 0 Å². The number of allylic oxidation sites excluding steroid dienone is 4. The first-order valence-corrected chi connectivity index (χ1v) is 14.3. The molecule has 2 saturated carbocycles. The summed E-state index contributed by atoms with van der Waals surface area (Å²) in [6, 6.07) is 0. The van der Waals surface area contributed by atoms with Gasteiger partial charge in [0.05, 0.1) is 0 Å². The van der Waals surface area contributed by atoms with Crippen molar-refractivity contribution in [1.82, 2.24) is 0 Å². The molecule has 192 valence electrons. The van der Waals surface area contributed by atoms with Crippen molar-refractivity contribution < 1.29 is 9.53 Å². The van der Waals surface area contributed by atoms with Crippen molar-refractivity contribution in [3.8, 4) is 0 Å². The van der Waals surface area contributed by atoms with Crippen LogP contribution in [0.25, 0.3) is 0 Å². The smallest absolute Gasteiger partial charge is 0.302 e. The zero-order valence-corrected chi connectivity index (χ0v) is 23.7. The maximum Gasteiger partial charge on any atom is 0.302 e. The van der Waals surface area contributed by atoms with E-state index >= 15 is 0 Å². The minimum atomic E-state index is -0.119. The van der Waals surface area contributed by atoms with Gasteiger partial charge in [-0.3, -0.25) is 4.79 Å². The molecule has 4 rings (SSSR count). The lowest BCUT2D eigenvalue weighted by molar-refractivity contribution is -0.167. The molecule has 2 fully saturated rings. The lowest BCUT2D eigenvalue weighted by Gasteiger charge is -2.62. The Hall–Kier alpha value is -1.05. The van der Waals surface area contributed by atoms with Crippen LogP contribution in [0.4, 0.5) is 0 Å². The molecule has 0 saturated heterocycles. The minimum Gasteiger partial charge on any atom is -0.462 e. The molecule has 0 bridgehead atoms. The van der Waals surface area contributed by atoms with Crippen molar-refractivity contribution in [2.75, 3.05) is 0 Å². The van der Waals surface area contributed by atoms with Crippen molar-refractivity contribution in [2.24, 2.45) is 45.3 Å². The number of ether oxygens (including phenoxy) is 1. The molecule has 34 heavy (non-hydrogen) atoms. The lowest BCUT2D eigenvalue weighted by Crippen LogP contribution is -2.55. The van der Waals surface area contributed by atoms with Crippen molar-refractivity contribution >= 4 is 5.97 Å². The third kappa shape index (κ3) is 3.85. The highest BCUT2D eigenvalue weighted by atomic mass is 16.5. The van der Waals surface area contributed by atoms with E-state index in [2.05, 4.69) is 67.5 Å². The number of carbonyl (C=O) groups is 1. The van der Waals surface area contributed by atoms with Gasteiger partial charge in [-0.15, -0.1) is 0 Å². The average molecular weight is 469 g/mol. The summed E-state index contributed by atoms with van der Waals surface area (Å²) in [5.41, 5.74) is 4.72.